The van der Waals surface area contributed by atoms with E-state index in [-0.39, 0.29) is 11.3 Å². The van der Waals surface area contributed by atoms with Crippen LogP contribution in [0.25, 0.3) is 11.8 Å². The summed E-state index contributed by atoms with van der Waals surface area (Å²) < 4.78 is 14.6. The van der Waals surface area contributed by atoms with Crippen molar-refractivity contribution in [3.05, 3.63) is 74.3 Å². The molecule has 2 heterocycles. The Labute approximate surface area is 123 Å². The Bertz CT molecular complexity index is 937. The molecule has 1 aromatic carbocycles. The number of rotatable bonds is 2. The van der Waals surface area contributed by atoms with Crippen molar-refractivity contribution in [3.63, 3.8) is 0 Å². The average molecular weight is 299 g/mol. The number of para-hydroxylation sites is 1. The predicted molar refractivity (Wildman–Crippen MR) is 79.9 cm³/mol. The van der Waals surface area contributed by atoms with Gasteiger partial charge < -0.3 is 5.11 Å². The summed E-state index contributed by atoms with van der Waals surface area (Å²) in [5.74, 6) is -1.36. The summed E-state index contributed by atoms with van der Waals surface area (Å²) in [4.78, 5) is 29.8. The van der Waals surface area contributed by atoms with E-state index in [2.05, 4.69) is 9.98 Å². The van der Waals surface area contributed by atoms with E-state index in [1.165, 1.54) is 30.5 Å². The minimum atomic E-state index is -0.930. The van der Waals surface area contributed by atoms with Gasteiger partial charge in [0.15, 0.2) is 0 Å². The molecule has 6 nitrogen and oxygen atoms in total. The Morgan fingerprint density at radius 3 is 2.73 bits per heavy atom. The van der Waals surface area contributed by atoms with Crippen molar-refractivity contribution in [2.45, 2.75) is 0 Å². The van der Waals surface area contributed by atoms with E-state index < -0.39 is 22.9 Å². The molecule has 2 N–H and O–H groups in total. The number of nitrogens with zero attached hydrogens (tertiary/aromatic N) is 2. The molecule has 7 heteroatoms. The number of benzene rings is 1. The topological polar surface area (TPSA) is 87.5 Å². The lowest BCUT2D eigenvalue weighted by Crippen LogP contribution is -2.30. The van der Waals surface area contributed by atoms with Crippen molar-refractivity contribution in [2.75, 3.05) is 0 Å². The van der Waals surface area contributed by atoms with Gasteiger partial charge in [0, 0.05) is 6.21 Å². The van der Waals surface area contributed by atoms with Gasteiger partial charge in [-0.05, 0) is 30.4 Å². The highest BCUT2D eigenvalue weighted by Crippen LogP contribution is 2.21. The quantitative estimate of drug-likeness (QED) is 0.877. The predicted octanol–water partition coefficient (Wildman–Crippen LogP) is 1.35. The van der Waals surface area contributed by atoms with E-state index >= 15 is 0 Å². The molecule has 2 aromatic rings. The molecule has 110 valence electrons. The lowest BCUT2D eigenvalue weighted by atomic mass is 10.2. The number of aromatic nitrogens is 2. The molecule has 1 aliphatic heterocycles. The molecule has 0 unspecified atom stereocenters. The maximum absolute atomic E-state index is 13.9. The van der Waals surface area contributed by atoms with Crippen molar-refractivity contribution in [2.24, 2.45) is 4.99 Å². The van der Waals surface area contributed by atoms with Gasteiger partial charge in [-0.25, -0.2) is 13.8 Å². The smallest absolute Gasteiger partial charge is 0.335 e. The molecule has 22 heavy (non-hydrogen) atoms. The number of nitrogens with one attached hydrogen (secondary N) is 1. The summed E-state index contributed by atoms with van der Waals surface area (Å²) in [6.45, 7) is 0. The zero-order valence-electron chi connectivity index (χ0n) is 11.2. The Balaban J connectivity index is 2.29. The van der Waals surface area contributed by atoms with Crippen molar-refractivity contribution in [1.29, 1.82) is 0 Å². The van der Waals surface area contributed by atoms with Gasteiger partial charge in [-0.15, -0.1) is 0 Å². The fourth-order valence-corrected chi connectivity index (χ4v) is 2.07. The monoisotopic (exact) mass is 299 g/mol. The van der Waals surface area contributed by atoms with Gasteiger partial charge in [0.2, 0.25) is 5.88 Å². The van der Waals surface area contributed by atoms with E-state index in [0.29, 0.717) is 10.3 Å². The van der Waals surface area contributed by atoms with Crippen LogP contribution in [0.15, 0.2) is 56.7 Å². The number of hydrogen-bond donors (Lipinski definition) is 2. The van der Waals surface area contributed by atoms with Gasteiger partial charge in [-0.1, -0.05) is 12.1 Å². The van der Waals surface area contributed by atoms with Crippen LogP contribution in [-0.4, -0.2) is 20.9 Å². The van der Waals surface area contributed by atoms with Crippen LogP contribution in [-0.2, 0) is 0 Å². The van der Waals surface area contributed by atoms with Crippen LogP contribution in [0.1, 0.15) is 5.56 Å². The lowest BCUT2D eigenvalue weighted by Gasteiger charge is -2.10. The number of allylic oxidation sites excluding steroid dienone is 2. The number of hydrogen-bond acceptors (Lipinski definition) is 4. The van der Waals surface area contributed by atoms with Gasteiger partial charge in [0.05, 0.1) is 11.4 Å². The SMILES string of the molecule is O=c1[nH]c(=O)n(-c2ccccc2F)c(O)c1C=C1C=CC=N1. The highest BCUT2D eigenvalue weighted by molar-refractivity contribution is 5.79. The van der Waals surface area contributed by atoms with E-state index in [0.717, 1.165) is 6.07 Å². The Hall–Kier alpha value is -3.22. The molecule has 0 bridgehead atoms. The van der Waals surface area contributed by atoms with Crippen LogP contribution < -0.4 is 11.2 Å². The molecular formula is C15H10FN3O3. The molecular weight excluding hydrogens is 289 g/mol. The first-order valence-electron chi connectivity index (χ1n) is 6.33. The Kier molecular flexibility index (Phi) is 3.30. The zero-order chi connectivity index (χ0) is 15.7. The molecule has 0 spiro atoms. The summed E-state index contributed by atoms with van der Waals surface area (Å²) in [5.41, 5.74) is -1.62. The van der Waals surface area contributed by atoms with Crippen molar-refractivity contribution in [3.8, 4) is 11.6 Å². The van der Waals surface area contributed by atoms with E-state index in [1.807, 2.05) is 0 Å². The summed E-state index contributed by atoms with van der Waals surface area (Å²) in [6.07, 6.45) is 6.11. The minimum absolute atomic E-state index is 0.161. The largest absolute Gasteiger partial charge is 0.494 e. The minimum Gasteiger partial charge on any atom is -0.494 e. The molecule has 1 aromatic heterocycles. The molecule has 0 amide bonds. The first kappa shape index (κ1) is 13.7. The highest BCUT2D eigenvalue weighted by Gasteiger charge is 2.16. The fourth-order valence-electron chi connectivity index (χ4n) is 2.07. The van der Waals surface area contributed by atoms with Gasteiger partial charge in [-0.3, -0.25) is 14.8 Å². The second-order valence-electron chi connectivity index (χ2n) is 4.49. The molecule has 0 aliphatic carbocycles. The van der Waals surface area contributed by atoms with Crippen LogP contribution in [0.5, 0.6) is 5.88 Å². The summed E-state index contributed by atoms with van der Waals surface area (Å²) >= 11 is 0. The van der Waals surface area contributed by atoms with E-state index in [9.17, 15) is 19.1 Å². The second kappa shape index (κ2) is 5.28. The molecule has 0 saturated carbocycles. The maximum Gasteiger partial charge on any atom is 0.335 e. The third-order valence-electron chi connectivity index (χ3n) is 3.08. The third-order valence-corrected chi connectivity index (χ3v) is 3.08. The van der Waals surface area contributed by atoms with Crippen molar-refractivity contribution in [1.82, 2.24) is 9.55 Å². The zero-order valence-corrected chi connectivity index (χ0v) is 11.2. The fraction of sp³-hybridized carbons (Fsp3) is 0. The van der Waals surface area contributed by atoms with E-state index in [4.69, 9.17) is 0 Å². The number of aromatic amines is 1. The number of aliphatic imine (C=N–C) groups is 1. The average Bonchev–Trinajstić information content (AvgIpc) is 2.98. The Morgan fingerprint density at radius 1 is 1.27 bits per heavy atom. The first-order chi connectivity index (χ1) is 10.6. The summed E-state index contributed by atoms with van der Waals surface area (Å²) in [6, 6.07) is 5.43. The molecule has 0 atom stereocenters. The standard InChI is InChI=1S/C15H10FN3O3/c16-11-5-1-2-6-12(11)19-14(21)10(13(20)18-15(19)22)8-9-4-3-7-17-9/h1-8,21H,(H,18,20,22). The van der Waals surface area contributed by atoms with Gasteiger partial charge in [0.25, 0.3) is 5.56 Å². The molecule has 0 fully saturated rings. The number of halogens is 1. The van der Waals surface area contributed by atoms with Gasteiger partial charge in [0.1, 0.15) is 11.4 Å². The van der Waals surface area contributed by atoms with Crippen LogP contribution in [0, 0.1) is 5.82 Å². The van der Waals surface area contributed by atoms with Gasteiger partial charge >= 0.3 is 5.69 Å². The molecule has 1 aliphatic rings. The van der Waals surface area contributed by atoms with E-state index in [1.54, 1.807) is 12.2 Å². The summed E-state index contributed by atoms with van der Waals surface area (Å²) in [5, 5.41) is 10.2. The molecule has 0 radical (unpaired) electrons. The Morgan fingerprint density at radius 2 is 2.05 bits per heavy atom. The van der Waals surface area contributed by atoms with Gasteiger partial charge in [-0.2, -0.15) is 0 Å². The number of H-pyrrole nitrogens is 1. The maximum atomic E-state index is 13.9. The first-order valence-corrected chi connectivity index (χ1v) is 6.33. The third kappa shape index (κ3) is 2.28. The molecule has 3 rings (SSSR count). The summed E-state index contributed by atoms with van der Waals surface area (Å²) in [7, 11) is 0. The second-order valence-corrected chi connectivity index (χ2v) is 4.49. The molecule has 0 saturated heterocycles. The number of aromatic hydroxyl groups is 1. The van der Waals surface area contributed by atoms with Crippen molar-refractivity contribution < 1.29 is 9.50 Å². The highest BCUT2D eigenvalue weighted by atomic mass is 19.1. The van der Waals surface area contributed by atoms with Crippen LogP contribution >= 0.6 is 0 Å². The van der Waals surface area contributed by atoms with Crippen LogP contribution in [0.3, 0.4) is 0 Å². The normalized spacial score (nSPS) is 14.9. The van der Waals surface area contributed by atoms with Crippen LogP contribution in [0.4, 0.5) is 4.39 Å². The lowest BCUT2D eigenvalue weighted by molar-refractivity contribution is 0.426. The van der Waals surface area contributed by atoms with Crippen molar-refractivity contribution >= 4 is 12.3 Å². The van der Waals surface area contributed by atoms with Crippen LogP contribution in [0.2, 0.25) is 0 Å².